The summed E-state index contributed by atoms with van der Waals surface area (Å²) >= 11 is 0. The molecule has 1 aromatic carbocycles. The third-order valence-electron chi connectivity index (χ3n) is 3.97. The van der Waals surface area contributed by atoms with E-state index in [-0.39, 0.29) is 12.3 Å². The summed E-state index contributed by atoms with van der Waals surface area (Å²) in [5.41, 5.74) is 0.920. The van der Waals surface area contributed by atoms with Crippen molar-refractivity contribution in [2.75, 3.05) is 13.7 Å². The maximum Gasteiger partial charge on any atom is 0.309 e. The average molecular weight is 318 g/mol. The van der Waals surface area contributed by atoms with Crippen LogP contribution in [0.5, 0.6) is 5.75 Å². The van der Waals surface area contributed by atoms with Gasteiger partial charge in [-0.2, -0.15) is 0 Å². The van der Waals surface area contributed by atoms with E-state index in [0.29, 0.717) is 13.0 Å². The second kappa shape index (κ2) is 6.73. The molecule has 1 heterocycles. The van der Waals surface area contributed by atoms with Gasteiger partial charge in [0.25, 0.3) is 0 Å². The number of amides is 1. The molecular formula is C17H22N2O4. The van der Waals surface area contributed by atoms with Crippen molar-refractivity contribution in [3.05, 3.63) is 30.0 Å². The van der Waals surface area contributed by atoms with Crippen LogP contribution in [0.1, 0.15) is 25.8 Å². The Bertz CT molecular complexity index is 718. The number of hydrogen-bond acceptors (Lipinski definition) is 3. The summed E-state index contributed by atoms with van der Waals surface area (Å²) in [4.78, 5) is 26.3. The smallest absolute Gasteiger partial charge is 0.309 e. The van der Waals surface area contributed by atoms with Crippen molar-refractivity contribution in [1.29, 1.82) is 0 Å². The Balaban J connectivity index is 2.00. The van der Waals surface area contributed by atoms with Crippen LogP contribution >= 0.6 is 0 Å². The number of aromatic nitrogens is 1. The summed E-state index contributed by atoms with van der Waals surface area (Å²) in [6.45, 7) is 3.62. The summed E-state index contributed by atoms with van der Waals surface area (Å²) < 4.78 is 5.34. The van der Waals surface area contributed by atoms with Crippen molar-refractivity contribution in [1.82, 2.24) is 10.3 Å². The van der Waals surface area contributed by atoms with Gasteiger partial charge in [-0.15, -0.1) is 0 Å². The summed E-state index contributed by atoms with van der Waals surface area (Å²) in [5.74, 6) is -0.287. The zero-order chi connectivity index (χ0) is 17.0. The number of methoxy groups -OCH3 is 1. The fourth-order valence-electron chi connectivity index (χ4n) is 2.39. The first-order chi connectivity index (χ1) is 10.8. The summed E-state index contributed by atoms with van der Waals surface area (Å²) in [6, 6.07) is 5.66. The van der Waals surface area contributed by atoms with Gasteiger partial charge in [-0.25, -0.2) is 0 Å². The van der Waals surface area contributed by atoms with Crippen molar-refractivity contribution in [2.45, 2.75) is 26.7 Å². The minimum atomic E-state index is -0.867. The van der Waals surface area contributed by atoms with Crippen molar-refractivity contribution < 1.29 is 19.4 Å². The van der Waals surface area contributed by atoms with Crippen LogP contribution in [0.4, 0.5) is 0 Å². The number of rotatable bonds is 7. The summed E-state index contributed by atoms with van der Waals surface area (Å²) in [5, 5.41) is 12.7. The third-order valence-corrected chi connectivity index (χ3v) is 3.97. The van der Waals surface area contributed by atoms with Crippen molar-refractivity contribution in [3.8, 4) is 5.75 Å². The summed E-state index contributed by atoms with van der Waals surface area (Å²) in [7, 11) is 1.60. The fraction of sp³-hybridized carbons (Fsp3) is 0.412. The molecular weight excluding hydrogens is 296 g/mol. The van der Waals surface area contributed by atoms with E-state index in [2.05, 4.69) is 10.3 Å². The van der Waals surface area contributed by atoms with E-state index in [9.17, 15) is 9.59 Å². The zero-order valence-corrected chi connectivity index (χ0v) is 13.6. The molecule has 0 unspecified atom stereocenters. The number of benzene rings is 1. The Hall–Kier alpha value is -2.50. The maximum absolute atomic E-state index is 12.1. The van der Waals surface area contributed by atoms with Gasteiger partial charge < -0.3 is 20.1 Å². The molecule has 0 radical (unpaired) electrons. The van der Waals surface area contributed by atoms with Gasteiger partial charge in [-0.1, -0.05) is 6.07 Å². The Labute approximate surface area is 134 Å². The SMILES string of the molecule is COc1cccc2[nH]cc(CC(=O)NCCC(C)(C)C(=O)O)c12. The second-order valence-electron chi connectivity index (χ2n) is 6.16. The van der Waals surface area contributed by atoms with Crippen molar-refractivity contribution in [3.63, 3.8) is 0 Å². The van der Waals surface area contributed by atoms with Crippen LogP contribution in [0.3, 0.4) is 0 Å². The monoisotopic (exact) mass is 318 g/mol. The van der Waals surface area contributed by atoms with Crippen molar-refractivity contribution in [2.24, 2.45) is 5.41 Å². The number of H-pyrrole nitrogens is 1. The largest absolute Gasteiger partial charge is 0.496 e. The van der Waals surface area contributed by atoms with Gasteiger partial charge in [0.2, 0.25) is 5.91 Å². The molecule has 2 aromatic rings. The standard InChI is InChI=1S/C17H22N2O4/c1-17(2,16(21)22)7-8-18-14(20)9-11-10-19-12-5-4-6-13(23-3)15(11)12/h4-6,10,19H,7-9H2,1-3H3,(H,18,20)(H,21,22). The second-order valence-corrected chi connectivity index (χ2v) is 6.16. The number of hydrogen-bond donors (Lipinski definition) is 3. The number of carboxylic acid groups (broad SMARTS) is 1. The molecule has 0 aliphatic heterocycles. The van der Waals surface area contributed by atoms with Crippen LogP contribution in [-0.4, -0.2) is 35.6 Å². The molecule has 2 rings (SSSR count). The van der Waals surface area contributed by atoms with Crippen LogP contribution < -0.4 is 10.1 Å². The highest BCUT2D eigenvalue weighted by molar-refractivity contribution is 5.93. The van der Waals surface area contributed by atoms with E-state index < -0.39 is 11.4 Å². The highest BCUT2D eigenvalue weighted by Crippen LogP contribution is 2.28. The van der Waals surface area contributed by atoms with Gasteiger partial charge in [-0.3, -0.25) is 9.59 Å². The predicted octanol–water partition coefficient (Wildman–Crippen LogP) is 2.34. The van der Waals surface area contributed by atoms with Gasteiger partial charge in [-0.05, 0) is 38.0 Å². The Morgan fingerprint density at radius 1 is 1.35 bits per heavy atom. The van der Waals surface area contributed by atoms with Crippen molar-refractivity contribution >= 4 is 22.8 Å². The van der Waals surface area contributed by atoms with E-state index in [1.807, 2.05) is 18.2 Å². The number of aliphatic carboxylic acids is 1. The molecule has 0 spiro atoms. The fourth-order valence-corrected chi connectivity index (χ4v) is 2.39. The zero-order valence-electron chi connectivity index (χ0n) is 13.6. The van der Waals surface area contributed by atoms with Crippen LogP contribution in [0.2, 0.25) is 0 Å². The first-order valence-corrected chi connectivity index (χ1v) is 7.48. The highest BCUT2D eigenvalue weighted by Gasteiger charge is 2.26. The first-order valence-electron chi connectivity index (χ1n) is 7.48. The molecule has 0 aliphatic rings. The van der Waals surface area contributed by atoms with E-state index in [1.165, 1.54) is 0 Å². The Morgan fingerprint density at radius 2 is 2.09 bits per heavy atom. The van der Waals surface area contributed by atoms with Gasteiger partial charge in [0.05, 0.1) is 18.9 Å². The number of aromatic amines is 1. The lowest BCUT2D eigenvalue weighted by molar-refractivity contribution is -0.147. The number of carboxylic acids is 1. The lowest BCUT2D eigenvalue weighted by atomic mass is 9.90. The van der Waals surface area contributed by atoms with Crippen LogP contribution in [-0.2, 0) is 16.0 Å². The van der Waals surface area contributed by atoms with Gasteiger partial charge in [0.15, 0.2) is 0 Å². The molecule has 0 saturated carbocycles. The highest BCUT2D eigenvalue weighted by atomic mass is 16.5. The molecule has 3 N–H and O–H groups in total. The van der Waals surface area contributed by atoms with Crippen LogP contribution in [0.15, 0.2) is 24.4 Å². The number of fused-ring (bicyclic) bond motifs is 1. The molecule has 23 heavy (non-hydrogen) atoms. The number of nitrogens with one attached hydrogen (secondary N) is 2. The average Bonchev–Trinajstić information content (AvgIpc) is 2.90. The molecule has 0 aliphatic carbocycles. The van der Waals surface area contributed by atoms with E-state index in [4.69, 9.17) is 9.84 Å². The first kappa shape index (κ1) is 16.9. The maximum atomic E-state index is 12.1. The van der Waals surface area contributed by atoms with Gasteiger partial charge in [0.1, 0.15) is 5.75 Å². The predicted molar refractivity (Wildman–Crippen MR) is 87.6 cm³/mol. The number of carbonyl (C=O) groups excluding carboxylic acids is 1. The number of ether oxygens (including phenoxy) is 1. The Morgan fingerprint density at radius 3 is 2.74 bits per heavy atom. The van der Waals surface area contributed by atoms with Gasteiger partial charge in [0, 0.05) is 23.6 Å². The molecule has 6 heteroatoms. The topological polar surface area (TPSA) is 91.4 Å². The lowest BCUT2D eigenvalue weighted by Gasteiger charge is -2.18. The molecule has 0 atom stereocenters. The molecule has 0 saturated heterocycles. The van der Waals surface area contributed by atoms with Crippen LogP contribution in [0.25, 0.3) is 10.9 Å². The molecule has 1 aromatic heterocycles. The molecule has 0 fully saturated rings. The van der Waals surface area contributed by atoms with Gasteiger partial charge >= 0.3 is 5.97 Å². The Kier molecular flexibility index (Phi) is 4.93. The quantitative estimate of drug-likeness (QED) is 0.730. The molecule has 124 valence electrons. The molecule has 0 bridgehead atoms. The minimum absolute atomic E-state index is 0.141. The normalized spacial score (nSPS) is 11.4. The lowest BCUT2D eigenvalue weighted by Crippen LogP contribution is -2.32. The molecule has 1 amide bonds. The third kappa shape index (κ3) is 3.83. The number of carbonyl (C=O) groups is 2. The molecule has 6 nitrogen and oxygen atoms in total. The van der Waals surface area contributed by atoms with Crippen LogP contribution in [0, 0.1) is 5.41 Å². The minimum Gasteiger partial charge on any atom is -0.496 e. The van der Waals surface area contributed by atoms with E-state index in [1.54, 1.807) is 27.2 Å². The van der Waals surface area contributed by atoms with E-state index >= 15 is 0 Å². The van der Waals surface area contributed by atoms with E-state index in [0.717, 1.165) is 22.2 Å². The summed E-state index contributed by atoms with van der Waals surface area (Å²) in [6.07, 6.45) is 2.40.